The summed E-state index contributed by atoms with van der Waals surface area (Å²) in [5.41, 5.74) is 7.47. The molecule has 0 aromatic heterocycles. The van der Waals surface area contributed by atoms with Crippen LogP contribution < -0.4 is 15.2 Å². The lowest BCUT2D eigenvalue weighted by Gasteiger charge is -2.27. The molecule has 1 fully saturated rings. The van der Waals surface area contributed by atoms with E-state index in [0.717, 1.165) is 24.3 Å². The van der Waals surface area contributed by atoms with Crippen molar-refractivity contribution in [1.82, 2.24) is 0 Å². The molecule has 0 bridgehead atoms. The van der Waals surface area contributed by atoms with E-state index in [1.165, 1.54) is 5.56 Å². The number of hydrogen-bond donors (Lipinski definition) is 1. The van der Waals surface area contributed by atoms with Gasteiger partial charge >= 0.3 is 0 Å². The topological polar surface area (TPSA) is 44.5 Å². The number of fused-ring (bicyclic) bond motifs is 1. The second-order valence-electron chi connectivity index (χ2n) is 4.77. The largest absolute Gasteiger partial charge is 0.486 e. The minimum absolute atomic E-state index is 0.131. The van der Waals surface area contributed by atoms with Crippen molar-refractivity contribution in [2.24, 2.45) is 5.73 Å². The molecule has 3 nitrogen and oxygen atoms in total. The highest BCUT2D eigenvalue weighted by Gasteiger charge is 2.49. The zero-order valence-corrected chi connectivity index (χ0v) is 9.53. The molecular weight excluding hydrogens is 202 g/mol. The third-order valence-corrected chi connectivity index (χ3v) is 3.76. The Bertz CT molecular complexity index is 410. The van der Waals surface area contributed by atoms with Crippen LogP contribution in [0.4, 0.5) is 0 Å². The SMILES string of the molecule is CC(N)C1(c2cccc3c2OCCO3)CC1. The van der Waals surface area contributed by atoms with Crippen molar-refractivity contribution in [2.45, 2.75) is 31.2 Å². The molecule has 1 aromatic rings. The summed E-state index contributed by atoms with van der Waals surface area (Å²) in [4.78, 5) is 0. The summed E-state index contributed by atoms with van der Waals surface area (Å²) in [6.07, 6.45) is 2.31. The summed E-state index contributed by atoms with van der Waals surface area (Å²) in [5, 5.41) is 0. The maximum absolute atomic E-state index is 6.10. The molecule has 2 N–H and O–H groups in total. The van der Waals surface area contributed by atoms with Gasteiger partial charge in [0.05, 0.1) is 0 Å². The Morgan fingerprint density at radius 3 is 2.69 bits per heavy atom. The molecule has 3 rings (SSSR count). The van der Waals surface area contributed by atoms with Crippen LogP contribution in [0.1, 0.15) is 25.3 Å². The molecular formula is C13H17NO2. The Balaban J connectivity index is 2.08. The van der Waals surface area contributed by atoms with Crippen LogP contribution in [-0.4, -0.2) is 19.3 Å². The lowest BCUT2D eigenvalue weighted by atomic mass is 9.88. The monoisotopic (exact) mass is 219 g/mol. The lowest BCUT2D eigenvalue weighted by molar-refractivity contribution is 0.168. The summed E-state index contributed by atoms with van der Waals surface area (Å²) >= 11 is 0. The van der Waals surface area contributed by atoms with Gasteiger partial charge in [0.25, 0.3) is 0 Å². The number of benzene rings is 1. The fraction of sp³-hybridized carbons (Fsp3) is 0.538. The molecule has 86 valence electrons. The average Bonchev–Trinajstić information content (AvgIpc) is 3.09. The van der Waals surface area contributed by atoms with Gasteiger partial charge in [0, 0.05) is 17.0 Å². The molecule has 0 amide bonds. The lowest BCUT2D eigenvalue weighted by Crippen LogP contribution is -2.32. The zero-order chi connectivity index (χ0) is 11.2. The fourth-order valence-corrected chi connectivity index (χ4v) is 2.57. The second kappa shape index (κ2) is 3.39. The summed E-state index contributed by atoms with van der Waals surface area (Å²) in [5.74, 6) is 1.79. The van der Waals surface area contributed by atoms with E-state index in [4.69, 9.17) is 15.2 Å². The van der Waals surface area contributed by atoms with Crippen LogP contribution in [-0.2, 0) is 5.41 Å². The first-order chi connectivity index (χ1) is 7.74. The van der Waals surface area contributed by atoms with Crippen molar-refractivity contribution in [3.8, 4) is 11.5 Å². The Morgan fingerprint density at radius 1 is 1.25 bits per heavy atom. The molecule has 16 heavy (non-hydrogen) atoms. The van der Waals surface area contributed by atoms with E-state index < -0.39 is 0 Å². The molecule has 1 aliphatic heterocycles. The van der Waals surface area contributed by atoms with E-state index in [-0.39, 0.29) is 11.5 Å². The fourth-order valence-electron chi connectivity index (χ4n) is 2.57. The Labute approximate surface area is 95.5 Å². The quantitative estimate of drug-likeness (QED) is 0.825. The van der Waals surface area contributed by atoms with Gasteiger partial charge in [0.1, 0.15) is 13.2 Å². The van der Waals surface area contributed by atoms with Gasteiger partial charge < -0.3 is 15.2 Å². The van der Waals surface area contributed by atoms with E-state index in [2.05, 4.69) is 13.0 Å². The van der Waals surface area contributed by atoms with Crippen molar-refractivity contribution >= 4 is 0 Å². The third kappa shape index (κ3) is 1.31. The Hall–Kier alpha value is -1.22. The van der Waals surface area contributed by atoms with Crippen LogP contribution in [0.2, 0.25) is 0 Å². The van der Waals surface area contributed by atoms with Crippen molar-refractivity contribution in [3.05, 3.63) is 23.8 Å². The molecule has 0 saturated heterocycles. The second-order valence-corrected chi connectivity index (χ2v) is 4.77. The first-order valence-corrected chi connectivity index (χ1v) is 5.89. The Kier molecular flexibility index (Phi) is 2.11. The Morgan fingerprint density at radius 2 is 2.00 bits per heavy atom. The van der Waals surface area contributed by atoms with Gasteiger partial charge in [-0.15, -0.1) is 0 Å². The maximum Gasteiger partial charge on any atom is 0.165 e. The van der Waals surface area contributed by atoms with E-state index >= 15 is 0 Å². The van der Waals surface area contributed by atoms with Crippen molar-refractivity contribution in [1.29, 1.82) is 0 Å². The van der Waals surface area contributed by atoms with Crippen LogP contribution >= 0.6 is 0 Å². The standard InChI is InChI=1S/C13H17NO2/c1-9(14)13(5-6-13)10-3-2-4-11-12(10)16-8-7-15-11/h2-4,9H,5-8,14H2,1H3. The van der Waals surface area contributed by atoms with Gasteiger partial charge in [-0.3, -0.25) is 0 Å². The first-order valence-electron chi connectivity index (χ1n) is 5.89. The molecule has 1 heterocycles. The summed E-state index contributed by atoms with van der Waals surface area (Å²) in [7, 11) is 0. The maximum atomic E-state index is 6.10. The van der Waals surface area contributed by atoms with Crippen LogP contribution in [0.3, 0.4) is 0 Å². The molecule has 0 spiro atoms. The number of nitrogens with two attached hydrogens (primary N) is 1. The molecule has 1 saturated carbocycles. The van der Waals surface area contributed by atoms with Crippen molar-refractivity contribution < 1.29 is 9.47 Å². The van der Waals surface area contributed by atoms with E-state index in [0.29, 0.717) is 13.2 Å². The van der Waals surface area contributed by atoms with Crippen LogP contribution in [0.15, 0.2) is 18.2 Å². The average molecular weight is 219 g/mol. The molecule has 1 atom stereocenters. The highest BCUT2D eigenvalue weighted by Crippen LogP contribution is 2.55. The van der Waals surface area contributed by atoms with Gasteiger partial charge in [0.15, 0.2) is 11.5 Å². The van der Waals surface area contributed by atoms with Gasteiger partial charge in [-0.1, -0.05) is 12.1 Å². The zero-order valence-electron chi connectivity index (χ0n) is 9.53. The molecule has 1 aromatic carbocycles. The van der Waals surface area contributed by atoms with Crippen LogP contribution in [0.25, 0.3) is 0 Å². The smallest absolute Gasteiger partial charge is 0.165 e. The molecule has 1 aliphatic carbocycles. The van der Waals surface area contributed by atoms with Crippen molar-refractivity contribution in [3.63, 3.8) is 0 Å². The molecule has 0 radical (unpaired) electrons. The predicted molar refractivity (Wildman–Crippen MR) is 62.0 cm³/mol. The summed E-state index contributed by atoms with van der Waals surface area (Å²) in [6, 6.07) is 6.30. The third-order valence-electron chi connectivity index (χ3n) is 3.76. The first kappa shape index (κ1) is 9.97. The van der Waals surface area contributed by atoms with Gasteiger partial charge in [-0.05, 0) is 25.8 Å². The highest BCUT2D eigenvalue weighted by atomic mass is 16.6. The van der Waals surface area contributed by atoms with E-state index in [9.17, 15) is 0 Å². The van der Waals surface area contributed by atoms with E-state index in [1.54, 1.807) is 0 Å². The normalized spacial score (nSPS) is 22.6. The number of ether oxygens (including phenoxy) is 2. The van der Waals surface area contributed by atoms with Gasteiger partial charge in [-0.25, -0.2) is 0 Å². The summed E-state index contributed by atoms with van der Waals surface area (Å²) < 4.78 is 11.4. The number of rotatable bonds is 2. The molecule has 2 aliphatic rings. The minimum Gasteiger partial charge on any atom is -0.486 e. The molecule has 3 heteroatoms. The van der Waals surface area contributed by atoms with Crippen LogP contribution in [0.5, 0.6) is 11.5 Å². The molecule has 1 unspecified atom stereocenters. The van der Waals surface area contributed by atoms with Gasteiger partial charge in [0.2, 0.25) is 0 Å². The summed E-state index contributed by atoms with van der Waals surface area (Å²) in [6.45, 7) is 3.36. The van der Waals surface area contributed by atoms with Gasteiger partial charge in [-0.2, -0.15) is 0 Å². The van der Waals surface area contributed by atoms with E-state index in [1.807, 2.05) is 12.1 Å². The van der Waals surface area contributed by atoms with Crippen LogP contribution in [0, 0.1) is 0 Å². The van der Waals surface area contributed by atoms with Crippen molar-refractivity contribution in [2.75, 3.05) is 13.2 Å². The predicted octanol–water partition coefficient (Wildman–Crippen LogP) is 1.84. The minimum atomic E-state index is 0.131. The highest BCUT2D eigenvalue weighted by molar-refractivity contribution is 5.53. The number of para-hydroxylation sites is 1. The number of hydrogen-bond acceptors (Lipinski definition) is 3.